The first-order chi connectivity index (χ1) is 34.8. The van der Waals surface area contributed by atoms with Crippen LogP contribution in [0, 0.1) is 0 Å². The Bertz CT molecular complexity index is 3560. The number of para-hydroxylation sites is 1. The molecule has 0 radical (unpaired) electrons. The molecule has 0 bridgehead atoms. The van der Waals surface area contributed by atoms with E-state index < -0.39 is 0 Å². The van der Waals surface area contributed by atoms with E-state index in [1.807, 2.05) is 0 Å². The van der Waals surface area contributed by atoms with Gasteiger partial charge in [0.2, 0.25) is 0 Å². The van der Waals surface area contributed by atoms with Gasteiger partial charge < -0.3 is 19.3 Å². The summed E-state index contributed by atoms with van der Waals surface area (Å²) in [5, 5.41) is 2.54. The number of aryl methyl sites for hydroxylation is 1. The maximum absolute atomic E-state index is 2.60. The van der Waals surface area contributed by atoms with Crippen molar-refractivity contribution in [2.24, 2.45) is 7.05 Å². The van der Waals surface area contributed by atoms with Gasteiger partial charge in [0.05, 0.1) is 11.2 Å². The Balaban J connectivity index is 1.29. The van der Waals surface area contributed by atoms with Crippen LogP contribution in [0.4, 0.5) is 51.2 Å². The second kappa shape index (κ2) is 17.0. The molecular weight excluding hydrogens is 896 g/mol. The molecule has 0 unspecified atom stereocenters. The molecule has 2 aliphatic rings. The Morgan fingerprint density at radius 3 is 1.26 bits per heavy atom. The van der Waals surface area contributed by atoms with Crippen molar-refractivity contribution in [3.05, 3.63) is 192 Å². The van der Waals surface area contributed by atoms with Crippen LogP contribution in [0.3, 0.4) is 0 Å². The molecule has 8 aromatic carbocycles. The Morgan fingerprint density at radius 1 is 0.378 bits per heavy atom. The summed E-state index contributed by atoms with van der Waals surface area (Å²) in [4.78, 5) is 7.68. The van der Waals surface area contributed by atoms with E-state index in [0.29, 0.717) is 0 Å². The number of fused-ring (bicyclic) bond motifs is 8. The fraction of sp³-hybridized carbons (Fsp3) is 0.304. The van der Waals surface area contributed by atoms with Gasteiger partial charge in [-0.15, -0.1) is 0 Å². The zero-order chi connectivity index (χ0) is 52.6. The number of nitrogens with zero attached hydrogens (tertiary/aromatic N) is 4. The zero-order valence-electron chi connectivity index (χ0n) is 47.0. The summed E-state index contributed by atoms with van der Waals surface area (Å²) in [6.45, 7) is 34.6. The van der Waals surface area contributed by atoms with Crippen LogP contribution in [0.2, 0.25) is 0 Å². The quantitative estimate of drug-likeness (QED) is 0.160. The lowest BCUT2D eigenvalue weighted by Crippen LogP contribution is -2.61. The second-order valence-corrected chi connectivity index (χ2v) is 26.5. The molecular formula is C69H75BN4. The average molecular weight is 971 g/mol. The summed E-state index contributed by atoms with van der Waals surface area (Å²) < 4.78 is 2.47. The normalized spacial score (nSPS) is 13.9. The van der Waals surface area contributed by atoms with Crippen LogP contribution in [-0.4, -0.2) is 11.3 Å². The van der Waals surface area contributed by atoms with E-state index >= 15 is 0 Å². The number of hydrogen-bond donors (Lipinski definition) is 0. The molecule has 0 saturated carbocycles. The highest BCUT2D eigenvalue weighted by molar-refractivity contribution is 7.02. The van der Waals surface area contributed by atoms with Crippen LogP contribution in [0.1, 0.15) is 132 Å². The summed E-state index contributed by atoms with van der Waals surface area (Å²) in [6.07, 6.45) is 0. The molecule has 5 heteroatoms. The predicted octanol–water partition coefficient (Wildman–Crippen LogP) is 17.4. The SMILES string of the molecule is Cn1c2ccccc2c2c3c(cc(N(c4ccc(C(C)(C)C)cc4)c4ccc(C(C)(C)C)cc4)c21)N(c1ccc(C(C)(C)C)cc1)c1cccc2c1B3c1cc(C(C)(C)C)ccc1N2c1ccc(C(C)(C)C)cc1. The third-order valence-electron chi connectivity index (χ3n) is 16.2. The summed E-state index contributed by atoms with van der Waals surface area (Å²) in [5.41, 5.74) is 23.5. The molecule has 0 aliphatic carbocycles. The van der Waals surface area contributed by atoms with Crippen LogP contribution in [0.15, 0.2) is 164 Å². The van der Waals surface area contributed by atoms with E-state index in [1.165, 1.54) is 88.8 Å². The smallest absolute Gasteiger partial charge is 0.253 e. The van der Waals surface area contributed by atoms with Crippen molar-refractivity contribution >= 4 is 96.1 Å². The molecule has 1 aromatic heterocycles. The molecule has 11 rings (SSSR count). The van der Waals surface area contributed by atoms with Crippen LogP contribution in [-0.2, 0) is 34.1 Å². The van der Waals surface area contributed by atoms with E-state index in [2.05, 4.69) is 294 Å². The lowest BCUT2D eigenvalue weighted by atomic mass is 9.32. The maximum Gasteiger partial charge on any atom is 0.253 e. The Hall–Kier alpha value is -6.98. The number of rotatable bonds is 5. The van der Waals surface area contributed by atoms with Gasteiger partial charge in [-0.1, -0.05) is 189 Å². The Labute approximate surface area is 442 Å². The van der Waals surface area contributed by atoms with Gasteiger partial charge in [-0.2, -0.15) is 0 Å². The lowest BCUT2D eigenvalue weighted by Gasteiger charge is -2.45. The minimum Gasteiger partial charge on any atom is -0.342 e. The second-order valence-electron chi connectivity index (χ2n) is 26.5. The largest absolute Gasteiger partial charge is 0.342 e. The van der Waals surface area contributed by atoms with Crippen molar-refractivity contribution in [1.29, 1.82) is 0 Å². The minimum atomic E-state index is -0.0864. The topological polar surface area (TPSA) is 14.7 Å². The molecule has 0 N–H and O–H groups in total. The molecule has 0 amide bonds. The highest BCUT2D eigenvalue weighted by Crippen LogP contribution is 2.51. The van der Waals surface area contributed by atoms with Crippen molar-refractivity contribution in [2.75, 3.05) is 14.7 Å². The fourth-order valence-corrected chi connectivity index (χ4v) is 11.8. The molecule has 0 atom stereocenters. The number of anilines is 9. The van der Waals surface area contributed by atoms with Crippen LogP contribution in [0.25, 0.3) is 21.8 Å². The third kappa shape index (κ3) is 8.13. The molecule has 2 aliphatic heterocycles. The van der Waals surface area contributed by atoms with E-state index in [9.17, 15) is 0 Å². The minimum absolute atomic E-state index is 0.000715. The standard InChI is InChI=1S/C69H75BN4/c1-65(2,3)44-24-33-49(34-25-44)72(50-35-26-45(27-36-50)66(4,5)6)60-43-59-63(61-53-20-17-18-21-55(53)71(16)64(60)61)70-54-42-48(69(13,14)15)32-41-56(54)73(51-37-28-46(29-38-51)67(7,8)9)57-22-19-23-58(62(57)70)74(59)52-39-30-47(31-40-52)68(10,11)12/h17-43H,1-16H3. The number of hydrogen-bond acceptors (Lipinski definition) is 3. The van der Waals surface area contributed by atoms with Gasteiger partial charge >= 0.3 is 0 Å². The molecule has 374 valence electrons. The highest BCUT2D eigenvalue weighted by atomic mass is 15.2. The zero-order valence-corrected chi connectivity index (χ0v) is 47.0. The van der Waals surface area contributed by atoms with Gasteiger partial charge in [0.1, 0.15) is 0 Å². The van der Waals surface area contributed by atoms with Crippen LogP contribution in [0.5, 0.6) is 0 Å². The number of benzene rings is 8. The molecule has 4 nitrogen and oxygen atoms in total. The fourth-order valence-electron chi connectivity index (χ4n) is 11.8. The monoisotopic (exact) mass is 971 g/mol. The highest BCUT2D eigenvalue weighted by Gasteiger charge is 2.46. The van der Waals surface area contributed by atoms with E-state index in [0.717, 1.165) is 28.4 Å². The van der Waals surface area contributed by atoms with Crippen molar-refractivity contribution < 1.29 is 0 Å². The van der Waals surface area contributed by atoms with Crippen LogP contribution >= 0.6 is 0 Å². The molecule has 9 aromatic rings. The molecule has 0 saturated heterocycles. The summed E-state index contributed by atoms with van der Waals surface area (Å²) in [5.74, 6) is 0. The van der Waals surface area contributed by atoms with Gasteiger partial charge in [0, 0.05) is 68.8 Å². The maximum atomic E-state index is 2.60. The first-order valence-corrected chi connectivity index (χ1v) is 26.9. The van der Waals surface area contributed by atoms with Gasteiger partial charge in [-0.05, 0) is 150 Å². The first-order valence-electron chi connectivity index (χ1n) is 26.9. The van der Waals surface area contributed by atoms with Gasteiger partial charge in [-0.3, -0.25) is 0 Å². The molecule has 0 fully saturated rings. The first kappa shape index (κ1) is 49.2. The lowest BCUT2D eigenvalue weighted by molar-refractivity contribution is 0.590. The van der Waals surface area contributed by atoms with Crippen molar-refractivity contribution in [3.63, 3.8) is 0 Å². The van der Waals surface area contributed by atoms with E-state index in [1.54, 1.807) is 0 Å². The Kier molecular flexibility index (Phi) is 11.3. The van der Waals surface area contributed by atoms with Crippen LogP contribution < -0.4 is 31.1 Å². The predicted molar refractivity (Wildman–Crippen MR) is 323 cm³/mol. The van der Waals surface area contributed by atoms with Gasteiger partial charge in [-0.25, -0.2) is 0 Å². The summed E-state index contributed by atoms with van der Waals surface area (Å²) in [7, 11) is 2.28. The summed E-state index contributed by atoms with van der Waals surface area (Å²) >= 11 is 0. The Morgan fingerprint density at radius 2 is 0.797 bits per heavy atom. The van der Waals surface area contributed by atoms with Crippen molar-refractivity contribution in [3.8, 4) is 0 Å². The van der Waals surface area contributed by atoms with E-state index in [4.69, 9.17) is 0 Å². The molecule has 74 heavy (non-hydrogen) atoms. The van der Waals surface area contributed by atoms with Crippen molar-refractivity contribution in [2.45, 2.75) is 131 Å². The third-order valence-corrected chi connectivity index (χ3v) is 16.2. The van der Waals surface area contributed by atoms with Gasteiger partial charge in [0.25, 0.3) is 6.71 Å². The molecule has 3 heterocycles. The van der Waals surface area contributed by atoms with Gasteiger partial charge in [0.15, 0.2) is 0 Å². The average Bonchev–Trinajstić information content (AvgIpc) is 3.65. The summed E-state index contributed by atoms with van der Waals surface area (Å²) in [6, 6.07) is 63.5. The number of aromatic nitrogens is 1. The van der Waals surface area contributed by atoms with Crippen molar-refractivity contribution in [1.82, 2.24) is 4.57 Å². The molecule has 0 spiro atoms. The van der Waals surface area contributed by atoms with E-state index in [-0.39, 0.29) is 33.8 Å².